The summed E-state index contributed by atoms with van der Waals surface area (Å²) in [4.78, 5) is 14.3. The number of hydrogen-bond donors (Lipinski definition) is 2. The standard InChI is InChI=1S/C17H26N6O2/c1-12(16-21-19-11-23(16)4)20-17(24)18-10-15(22(2)3)13-7-6-8-14(9-13)25-5/h6-9,11-12,15H,10H2,1-5H3,(H2,18,20,24). The Balaban J connectivity index is 1.96. The molecule has 2 rings (SSSR count). The number of rotatable bonds is 7. The van der Waals surface area contributed by atoms with Crippen LogP contribution in [0.1, 0.15) is 30.4 Å². The van der Waals surface area contributed by atoms with Gasteiger partial charge in [-0.3, -0.25) is 0 Å². The average Bonchev–Trinajstić information content (AvgIpc) is 3.01. The van der Waals surface area contributed by atoms with Crippen molar-refractivity contribution in [3.8, 4) is 5.75 Å². The highest BCUT2D eigenvalue weighted by molar-refractivity contribution is 5.74. The number of aromatic nitrogens is 3. The number of amides is 2. The van der Waals surface area contributed by atoms with Crippen molar-refractivity contribution in [1.82, 2.24) is 30.3 Å². The molecule has 0 aliphatic heterocycles. The second-order valence-corrected chi connectivity index (χ2v) is 6.13. The highest BCUT2D eigenvalue weighted by atomic mass is 16.5. The Morgan fingerprint density at radius 2 is 2.16 bits per heavy atom. The van der Waals surface area contributed by atoms with E-state index in [2.05, 4.69) is 25.7 Å². The Bertz CT molecular complexity index is 700. The molecule has 0 radical (unpaired) electrons. The molecule has 1 aromatic heterocycles. The average molecular weight is 346 g/mol. The molecule has 0 saturated carbocycles. The number of nitrogens with one attached hydrogen (secondary N) is 2. The molecule has 0 bridgehead atoms. The van der Waals surface area contributed by atoms with Gasteiger partial charge in [-0.05, 0) is 38.7 Å². The smallest absolute Gasteiger partial charge is 0.315 e. The fourth-order valence-electron chi connectivity index (χ4n) is 2.63. The van der Waals surface area contributed by atoms with Crippen molar-refractivity contribution in [2.24, 2.45) is 7.05 Å². The number of ether oxygens (including phenoxy) is 1. The molecule has 0 spiro atoms. The minimum Gasteiger partial charge on any atom is -0.497 e. The summed E-state index contributed by atoms with van der Waals surface area (Å²) >= 11 is 0. The maximum atomic E-state index is 12.2. The minimum atomic E-state index is -0.245. The number of hydrogen-bond acceptors (Lipinski definition) is 5. The van der Waals surface area contributed by atoms with Crippen LogP contribution in [0.15, 0.2) is 30.6 Å². The molecule has 2 aromatic rings. The Hall–Kier alpha value is -2.61. The molecule has 0 aliphatic carbocycles. The van der Waals surface area contributed by atoms with Crippen LogP contribution in [0.25, 0.3) is 0 Å². The third-order valence-electron chi connectivity index (χ3n) is 4.04. The van der Waals surface area contributed by atoms with E-state index in [1.807, 2.05) is 52.3 Å². The topological polar surface area (TPSA) is 84.3 Å². The molecule has 0 aliphatic rings. The van der Waals surface area contributed by atoms with E-state index in [0.717, 1.165) is 11.3 Å². The van der Waals surface area contributed by atoms with Gasteiger partial charge >= 0.3 is 6.03 Å². The number of methoxy groups -OCH3 is 1. The first-order chi connectivity index (χ1) is 11.9. The summed E-state index contributed by atoms with van der Waals surface area (Å²) in [6.45, 7) is 2.34. The van der Waals surface area contributed by atoms with Gasteiger partial charge in [0.05, 0.1) is 19.2 Å². The summed E-state index contributed by atoms with van der Waals surface area (Å²) in [7, 11) is 7.44. The Morgan fingerprint density at radius 3 is 2.76 bits per heavy atom. The highest BCUT2D eigenvalue weighted by Gasteiger charge is 2.18. The minimum absolute atomic E-state index is 0.0333. The van der Waals surface area contributed by atoms with Gasteiger partial charge in [-0.1, -0.05) is 12.1 Å². The number of carbonyl (C=O) groups excluding carboxylic acids is 1. The first-order valence-corrected chi connectivity index (χ1v) is 8.11. The van der Waals surface area contributed by atoms with E-state index in [1.54, 1.807) is 18.0 Å². The molecule has 1 aromatic carbocycles. The molecule has 8 nitrogen and oxygen atoms in total. The van der Waals surface area contributed by atoms with Crippen molar-refractivity contribution in [3.05, 3.63) is 42.0 Å². The maximum absolute atomic E-state index is 12.2. The monoisotopic (exact) mass is 346 g/mol. The quantitative estimate of drug-likeness (QED) is 0.793. The van der Waals surface area contributed by atoms with Crippen molar-refractivity contribution in [1.29, 1.82) is 0 Å². The summed E-state index contributed by atoms with van der Waals surface area (Å²) in [5, 5.41) is 13.6. The molecule has 2 atom stereocenters. The second kappa shape index (κ2) is 8.48. The molecular weight excluding hydrogens is 320 g/mol. The Kier molecular flexibility index (Phi) is 6.35. The number of urea groups is 1. The van der Waals surface area contributed by atoms with Gasteiger partial charge < -0.3 is 24.8 Å². The number of nitrogens with zero attached hydrogens (tertiary/aromatic N) is 4. The SMILES string of the molecule is COc1cccc(C(CNC(=O)NC(C)c2nncn2C)N(C)C)c1. The summed E-state index contributed by atoms with van der Waals surface area (Å²) in [5.41, 5.74) is 1.07. The van der Waals surface area contributed by atoms with Crippen LogP contribution in [-0.2, 0) is 7.05 Å². The van der Waals surface area contributed by atoms with Gasteiger partial charge in [-0.2, -0.15) is 0 Å². The zero-order chi connectivity index (χ0) is 18.4. The first kappa shape index (κ1) is 18.7. The largest absolute Gasteiger partial charge is 0.497 e. The fourth-order valence-corrected chi connectivity index (χ4v) is 2.63. The van der Waals surface area contributed by atoms with Gasteiger partial charge in [-0.15, -0.1) is 10.2 Å². The van der Waals surface area contributed by atoms with Crippen LogP contribution in [0.3, 0.4) is 0 Å². The number of likely N-dealkylation sites (N-methyl/N-ethyl adjacent to an activating group) is 1. The van der Waals surface area contributed by atoms with Gasteiger partial charge in [0.1, 0.15) is 12.1 Å². The number of benzene rings is 1. The van der Waals surface area contributed by atoms with Crippen LogP contribution < -0.4 is 15.4 Å². The van der Waals surface area contributed by atoms with Gasteiger partial charge in [-0.25, -0.2) is 4.79 Å². The van der Waals surface area contributed by atoms with Crippen LogP contribution in [0, 0.1) is 0 Å². The molecular formula is C17H26N6O2. The lowest BCUT2D eigenvalue weighted by molar-refractivity contribution is 0.229. The molecule has 136 valence electrons. The van der Waals surface area contributed by atoms with Crippen molar-refractivity contribution in [2.75, 3.05) is 27.7 Å². The molecule has 1 heterocycles. The van der Waals surface area contributed by atoms with Crippen LogP contribution in [0.5, 0.6) is 5.75 Å². The number of aryl methyl sites for hydroxylation is 1. The van der Waals surface area contributed by atoms with Crippen molar-refractivity contribution < 1.29 is 9.53 Å². The highest BCUT2D eigenvalue weighted by Crippen LogP contribution is 2.22. The van der Waals surface area contributed by atoms with E-state index in [4.69, 9.17) is 4.74 Å². The summed E-state index contributed by atoms with van der Waals surface area (Å²) in [6, 6.07) is 7.40. The number of carbonyl (C=O) groups is 1. The first-order valence-electron chi connectivity index (χ1n) is 8.11. The van der Waals surface area contributed by atoms with Crippen LogP contribution in [0.2, 0.25) is 0 Å². The fraction of sp³-hybridized carbons (Fsp3) is 0.471. The third kappa shape index (κ3) is 4.93. The lowest BCUT2D eigenvalue weighted by atomic mass is 10.1. The summed E-state index contributed by atoms with van der Waals surface area (Å²) in [5.74, 6) is 1.50. The lowest BCUT2D eigenvalue weighted by Crippen LogP contribution is -2.41. The molecule has 8 heteroatoms. The van der Waals surface area contributed by atoms with E-state index in [0.29, 0.717) is 12.4 Å². The predicted molar refractivity (Wildman–Crippen MR) is 95.4 cm³/mol. The Labute approximate surface area is 148 Å². The van der Waals surface area contributed by atoms with E-state index in [1.165, 1.54) is 0 Å². The summed E-state index contributed by atoms with van der Waals surface area (Å²) in [6.07, 6.45) is 1.61. The zero-order valence-corrected chi connectivity index (χ0v) is 15.4. The van der Waals surface area contributed by atoms with E-state index >= 15 is 0 Å². The van der Waals surface area contributed by atoms with E-state index in [-0.39, 0.29) is 18.1 Å². The zero-order valence-electron chi connectivity index (χ0n) is 15.4. The normalized spacial score (nSPS) is 13.4. The van der Waals surface area contributed by atoms with Crippen molar-refractivity contribution in [2.45, 2.75) is 19.0 Å². The molecule has 0 saturated heterocycles. The van der Waals surface area contributed by atoms with Crippen molar-refractivity contribution >= 4 is 6.03 Å². The van der Waals surface area contributed by atoms with Crippen molar-refractivity contribution in [3.63, 3.8) is 0 Å². The van der Waals surface area contributed by atoms with E-state index < -0.39 is 0 Å². The predicted octanol–water partition coefficient (Wildman–Crippen LogP) is 1.49. The summed E-state index contributed by atoms with van der Waals surface area (Å²) < 4.78 is 7.06. The van der Waals surface area contributed by atoms with Crippen LogP contribution in [-0.4, -0.2) is 53.4 Å². The van der Waals surface area contributed by atoms with Gasteiger partial charge in [0, 0.05) is 13.6 Å². The van der Waals surface area contributed by atoms with Crippen LogP contribution in [0.4, 0.5) is 4.79 Å². The van der Waals surface area contributed by atoms with E-state index in [9.17, 15) is 4.79 Å². The molecule has 2 N–H and O–H groups in total. The third-order valence-corrected chi connectivity index (χ3v) is 4.04. The molecule has 2 unspecified atom stereocenters. The van der Waals surface area contributed by atoms with Gasteiger partial charge in [0.25, 0.3) is 0 Å². The van der Waals surface area contributed by atoms with Gasteiger partial charge in [0.15, 0.2) is 5.82 Å². The molecule has 0 fully saturated rings. The Morgan fingerprint density at radius 1 is 1.40 bits per heavy atom. The second-order valence-electron chi connectivity index (χ2n) is 6.13. The maximum Gasteiger partial charge on any atom is 0.315 e. The molecule has 2 amide bonds. The van der Waals surface area contributed by atoms with Gasteiger partial charge in [0.2, 0.25) is 0 Å². The van der Waals surface area contributed by atoms with Crippen LogP contribution >= 0.6 is 0 Å². The lowest BCUT2D eigenvalue weighted by Gasteiger charge is -2.26. The molecule has 25 heavy (non-hydrogen) atoms.